The monoisotopic (exact) mass is 380 g/mol. The molecule has 1 fully saturated rings. The smallest absolute Gasteiger partial charge is 0.387 e. The lowest BCUT2D eigenvalue weighted by atomic mass is 10.0. The van der Waals surface area contributed by atoms with Crippen LogP contribution in [0, 0.1) is 0 Å². The van der Waals surface area contributed by atoms with Crippen molar-refractivity contribution in [3.05, 3.63) is 46.7 Å². The predicted octanol–water partition coefficient (Wildman–Crippen LogP) is 3.98. The second-order valence-corrected chi connectivity index (χ2v) is 6.83. The Balaban J connectivity index is 1.67. The van der Waals surface area contributed by atoms with Gasteiger partial charge in [-0.15, -0.1) is 11.3 Å². The van der Waals surface area contributed by atoms with E-state index in [1.807, 2.05) is 5.38 Å². The second kappa shape index (κ2) is 8.27. The van der Waals surface area contributed by atoms with Crippen molar-refractivity contribution in [3.63, 3.8) is 0 Å². The first-order valence-corrected chi connectivity index (χ1v) is 9.13. The molecule has 1 N–H and O–H groups in total. The molecular formula is C18H18F2N2O3S. The maximum Gasteiger partial charge on any atom is 0.387 e. The molecule has 2 amide bonds. The lowest BCUT2D eigenvalue weighted by Crippen LogP contribution is -2.49. The van der Waals surface area contributed by atoms with Crippen LogP contribution in [0.3, 0.4) is 0 Å². The molecule has 1 unspecified atom stereocenters. The van der Waals surface area contributed by atoms with Gasteiger partial charge in [-0.2, -0.15) is 8.78 Å². The van der Waals surface area contributed by atoms with Crippen LogP contribution in [0.4, 0.5) is 14.5 Å². The fourth-order valence-corrected chi connectivity index (χ4v) is 3.61. The van der Waals surface area contributed by atoms with Crippen LogP contribution < -0.4 is 10.1 Å². The van der Waals surface area contributed by atoms with Gasteiger partial charge in [0.2, 0.25) is 5.91 Å². The Morgan fingerprint density at radius 1 is 1.19 bits per heavy atom. The Kier molecular flexibility index (Phi) is 5.82. The topological polar surface area (TPSA) is 58.6 Å². The highest BCUT2D eigenvalue weighted by Crippen LogP contribution is 2.24. The summed E-state index contributed by atoms with van der Waals surface area (Å²) in [6, 6.07) is 8.70. The zero-order chi connectivity index (χ0) is 18.5. The van der Waals surface area contributed by atoms with Crippen molar-refractivity contribution in [3.8, 4) is 5.75 Å². The van der Waals surface area contributed by atoms with E-state index in [-0.39, 0.29) is 17.6 Å². The average Bonchev–Trinajstić information content (AvgIpc) is 3.17. The summed E-state index contributed by atoms with van der Waals surface area (Å²) in [6.07, 6.45) is 2.32. The van der Waals surface area contributed by atoms with E-state index in [9.17, 15) is 18.4 Å². The minimum Gasteiger partial charge on any atom is -0.435 e. The van der Waals surface area contributed by atoms with Gasteiger partial charge in [-0.3, -0.25) is 9.59 Å². The van der Waals surface area contributed by atoms with Crippen molar-refractivity contribution in [1.82, 2.24) is 4.90 Å². The van der Waals surface area contributed by atoms with E-state index in [2.05, 4.69) is 10.1 Å². The minimum absolute atomic E-state index is 0.0187. The number of halogens is 2. The minimum atomic E-state index is -2.89. The molecule has 5 nitrogen and oxygen atoms in total. The van der Waals surface area contributed by atoms with Crippen molar-refractivity contribution in [2.45, 2.75) is 31.9 Å². The Bertz CT molecular complexity index is 750. The first kappa shape index (κ1) is 18.3. The molecule has 3 rings (SSSR count). The predicted molar refractivity (Wildman–Crippen MR) is 94.7 cm³/mol. The van der Waals surface area contributed by atoms with E-state index in [4.69, 9.17) is 0 Å². The van der Waals surface area contributed by atoms with E-state index < -0.39 is 12.7 Å². The molecule has 0 spiro atoms. The van der Waals surface area contributed by atoms with Crippen LogP contribution in [0.15, 0.2) is 41.8 Å². The van der Waals surface area contributed by atoms with Crippen molar-refractivity contribution in [2.24, 2.45) is 0 Å². The summed E-state index contributed by atoms with van der Waals surface area (Å²) >= 11 is 1.35. The Morgan fingerprint density at radius 3 is 2.62 bits per heavy atom. The quantitative estimate of drug-likeness (QED) is 0.854. The van der Waals surface area contributed by atoms with Gasteiger partial charge in [0.1, 0.15) is 11.8 Å². The van der Waals surface area contributed by atoms with E-state index in [1.165, 1.54) is 35.6 Å². The number of thiophene rings is 1. The molecule has 1 aliphatic rings. The van der Waals surface area contributed by atoms with Crippen LogP contribution in [-0.4, -0.2) is 35.9 Å². The third-order valence-electron chi connectivity index (χ3n) is 4.15. The molecule has 138 valence electrons. The molecular weight excluding hydrogens is 362 g/mol. The molecule has 1 atom stereocenters. The molecule has 26 heavy (non-hydrogen) atoms. The Labute approximate surface area is 153 Å². The summed E-state index contributed by atoms with van der Waals surface area (Å²) in [6.45, 7) is -2.36. The first-order valence-electron chi connectivity index (χ1n) is 8.25. The van der Waals surface area contributed by atoms with E-state index in [1.54, 1.807) is 17.0 Å². The molecule has 2 aromatic rings. The van der Waals surface area contributed by atoms with Gasteiger partial charge in [0.05, 0.1) is 4.88 Å². The van der Waals surface area contributed by atoms with Gasteiger partial charge in [0.15, 0.2) is 0 Å². The van der Waals surface area contributed by atoms with Crippen molar-refractivity contribution in [1.29, 1.82) is 0 Å². The maximum atomic E-state index is 12.7. The average molecular weight is 380 g/mol. The summed E-state index contributed by atoms with van der Waals surface area (Å²) in [5, 5.41) is 4.58. The number of ether oxygens (including phenoxy) is 1. The van der Waals surface area contributed by atoms with E-state index in [0.29, 0.717) is 23.5 Å². The standard InChI is InChI=1S/C18H18F2N2O3S/c19-18(20)25-13-8-6-12(7-9-13)21-16(23)14-4-1-2-10-22(14)17(24)15-5-3-11-26-15/h3,5-9,11,14,18H,1-2,4,10H2,(H,21,23). The fraction of sp³-hybridized carbons (Fsp3) is 0.333. The number of benzene rings is 1. The van der Waals surface area contributed by atoms with E-state index in [0.717, 1.165) is 12.8 Å². The van der Waals surface area contributed by atoms with Crippen LogP contribution in [0.5, 0.6) is 5.75 Å². The molecule has 1 saturated heterocycles. The number of alkyl halides is 2. The molecule has 1 aliphatic heterocycles. The highest BCUT2D eigenvalue weighted by atomic mass is 32.1. The third-order valence-corrected chi connectivity index (χ3v) is 5.00. The number of hydrogen-bond acceptors (Lipinski definition) is 4. The van der Waals surface area contributed by atoms with Crippen LogP contribution in [0.25, 0.3) is 0 Å². The number of anilines is 1. The Morgan fingerprint density at radius 2 is 1.96 bits per heavy atom. The molecule has 8 heteroatoms. The number of likely N-dealkylation sites (tertiary alicyclic amines) is 1. The molecule has 0 bridgehead atoms. The molecule has 0 radical (unpaired) electrons. The van der Waals surface area contributed by atoms with Gasteiger partial charge < -0.3 is 15.0 Å². The summed E-state index contributed by atoms with van der Waals surface area (Å²) in [7, 11) is 0. The normalized spacial score (nSPS) is 17.2. The Hall–Kier alpha value is -2.48. The lowest BCUT2D eigenvalue weighted by molar-refractivity contribution is -0.121. The van der Waals surface area contributed by atoms with Crippen molar-refractivity contribution >= 4 is 28.8 Å². The summed E-state index contributed by atoms with van der Waals surface area (Å²) in [5.41, 5.74) is 0.464. The first-order chi connectivity index (χ1) is 12.5. The van der Waals surface area contributed by atoms with Crippen LogP contribution >= 0.6 is 11.3 Å². The molecule has 0 aliphatic carbocycles. The number of hydrogen-bond donors (Lipinski definition) is 1. The summed E-state index contributed by atoms with van der Waals surface area (Å²) in [5.74, 6) is -0.400. The van der Waals surface area contributed by atoms with E-state index >= 15 is 0 Å². The molecule has 0 saturated carbocycles. The SMILES string of the molecule is O=C(Nc1ccc(OC(F)F)cc1)C1CCCCN1C(=O)c1cccs1. The van der Waals surface area contributed by atoms with Gasteiger partial charge in [-0.25, -0.2) is 0 Å². The molecule has 1 aromatic carbocycles. The van der Waals surface area contributed by atoms with Gasteiger partial charge in [0.25, 0.3) is 5.91 Å². The second-order valence-electron chi connectivity index (χ2n) is 5.88. The van der Waals surface area contributed by atoms with Crippen molar-refractivity contribution in [2.75, 3.05) is 11.9 Å². The highest BCUT2D eigenvalue weighted by Gasteiger charge is 2.33. The number of nitrogens with one attached hydrogen (secondary N) is 1. The number of carbonyl (C=O) groups excluding carboxylic acids is 2. The zero-order valence-corrected chi connectivity index (χ0v) is 14.7. The number of piperidine rings is 1. The number of rotatable bonds is 5. The number of amides is 2. The number of carbonyl (C=O) groups is 2. The lowest BCUT2D eigenvalue weighted by Gasteiger charge is -2.34. The van der Waals surface area contributed by atoms with Gasteiger partial charge in [0, 0.05) is 12.2 Å². The summed E-state index contributed by atoms with van der Waals surface area (Å²) < 4.78 is 28.6. The fourth-order valence-electron chi connectivity index (χ4n) is 2.93. The zero-order valence-electron chi connectivity index (χ0n) is 13.9. The number of nitrogens with zero attached hydrogens (tertiary/aromatic N) is 1. The largest absolute Gasteiger partial charge is 0.435 e. The summed E-state index contributed by atoms with van der Waals surface area (Å²) in [4.78, 5) is 27.5. The van der Waals surface area contributed by atoms with Crippen LogP contribution in [0.2, 0.25) is 0 Å². The van der Waals surface area contributed by atoms with Crippen molar-refractivity contribution < 1.29 is 23.1 Å². The molecule has 1 aromatic heterocycles. The van der Waals surface area contributed by atoms with Gasteiger partial charge in [-0.1, -0.05) is 6.07 Å². The molecule has 2 heterocycles. The van der Waals surface area contributed by atoms with Gasteiger partial charge in [-0.05, 0) is 55.0 Å². The van der Waals surface area contributed by atoms with Crippen LogP contribution in [-0.2, 0) is 4.79 Å². The third kappa shape index (κ3) is 4.37. The van der Waals surface area contributed by atoms with Crippen LogP contribution in [0.1, 0.15) is 28.9 Å². The maximum absolute atomic E-state index is 12.7. The van der Waals surface area contributed by atoms with Gasteiger partial charge >= 0.3 is 6.61 Å². The highest BCUT2D eigenvalue weighted by molar-refractivity contribution is 7.12.